The topological polar surface area (TPSA) is 42.9 Å². The van der Waals surface area contributed by atoms with Crippen molar-refractivity contribution >= 4 is 37.8 Å². The van der Waals surface area contributed by atoms with Crippen LogP contribution in [0.25, 0.3) is 10.2 Å². The molecule has 0 spiro atoms. The molecule has 0 unspecified atom stereocenters. The summed E-state index contributed by atoms with van der Waals surface area (Å²) in [6, 6.07) is 7.67. The van der Waals surface area contributed by atoms with E-state index in [-0.39, 0.29) is 24.2 Å². The Balaban J connectivity index is 1.71. The second-order valence-electron chi connectivity index (χ2n) is 5.58. The highest BCUT2D eigenvalue weighted by molar-refractivity contribution is 8.45. The van der Waals surface area contributed by atoms with Crippen molar-refractivity contribution in [3.63, 3.8) is 0 Å². The van der Waals surface area contributed by atoms with Crippen LogP contribution < -0.4 is 0 Å². The third-order valence-electron chi connectivity index (χ3n) is 3.48. The Bertz CT molecular complexity index is 952. The van der Waals surface area contributed by atoms with Gasteiger partial charge in [0, 0.05) is 12.8 Å². The Hall–Kier alpha value is -2.07. The summed E-state index contributed by atoms with van der Waals surface area (Å²) < 4.78 is 67.9. The molecule has 3 nitrogen and oxygen atoms in total. The van der Waals surface area contributed by atoms with Crippen LogP contribution in [0.1, 0.15) is 11.1 Å². The Morgan fingerprint density at radius 2 is 1.52 bits per heavy atom. The van der Waals surface area contributed by atoms with Gasteiger partial charge in [-0.15, -0.1) is 5.10 Å². The molecule has 0 aliphatic carbocycles. The van der Waals surface area contributed by atoms with E-state index in [2.05, 4.69) is 9.59 Å². The normalized spacial score (nSPS) is 14.9. The van der Waals surface area contributed by atoms with Gasteiger partial charge in [-0.25, -0.2) is 0 Å². The summed E-state index contributed by atoms with van der Waals surface area (Å²) in [4.78, 5) is 10.1. The number of carbonyl (C=O) groups excluding carboxylic acids is 1. The van der Waals surface area contributed by atoms with Crippen LogP contribution in [-0.4, -0.2) is 15.4 Å². The van der Waals surface area contributed by atoms with Crippen LogP contribution in [0.15, 0.2) is 47.4 Å². The standard InChI is InChI=1S/C15H11F5N2OS2/c16-25(17,18,19,20)13-4-1-10(2-5-13)7-12(23)8-11-3-6-14-15(9-11)24-22-21-14/h1-6,9H,7-8H2. The van der Waals surface area contributed by atoms with Gasteiger partial charge in [0.25, 0.3) is 0 Å². The predicted octanol–water partition coefficient (Wildman–Crippen LogP) is 5.70. The van der Waals surface area contributed by atoms with Gasteiger partial charge in [-0.3, -0.25) is 4.79 Å². The lowest BCUT2D eigenvalue weighted by molar-refractivity contribution is -0.117. The minimum Gasteiger partial charge on any atom is -0.299 e. The molecular formula is C15H11F5N2OS2. The number of hydrogen-bond donors (Lipinski definition) is 0. The molecule has 0 N–H and O–H groups in total. The Labute approximate surface area is 143 Å². The van der Waals surface area contributed by atoms with E-state index in [0.717, 1.165) is 22.4 Å². The monoisotopic (exact) mass is 394 g/mol. The molecule has 0 bridgehead atoms. The number of fused-ring (bicyclic) bond motifs is 1. The minimum absolute atomic E-state index is 0.0805. The molecule has 134 valence electrons. The van der Waals surface area contributed by atoms with E-state index in [4.69, 9.17) is 0 Å². The van der Waals surface area contributed by atoms with Crippen LogP contribution >= 0.6 is 21.8 Å². The number of benzene rings is 2. The average molecular weight is 394 g/mol. The number of nitrogens with zero attached hydrogens (tertiary/aromatic N) is 2. The van der Waals surface area contributed by atoms with Gasteiger partial charge in [0.2, 0.25) is 0 Å². The molecule has 25 heavy (non-hydrogen) atoms. The Kier molecular flexibility index (Phi) is 3.70. The SMILES string of the molecule is O=C(Cc1ccc(S(F)(F)(F)(F)F)cc1)Cc1ccc2nnsc2c1. The highest BCUT2D eigenvalue weighted by atomic mass is 32.5. The van der Waals surface area contributed by atoms with Crippen LogP contribution in [0.5, 0.6) is 0 Å². The van der Waals surface area contributed by atoms with Crippen molar-refractivity contribution in [3.8, 4) is 0 Å². The molecule has 1 heterocycles. The van der Waals surface area contributed by atoms with Crippen LogP contribution in [0.2, 0.25) is 0 Å². The first kappa shape index (κ1) is 17.7. The number of halogens is 5. The number of carbonyl (C=O) groups is 1. The van der Waals surface area contributed by atoms with Gasteiger partial charge in [0.15, 0.2) is 0 Å². The van der Waals surface area contributed by atoms with Crippen molar-refractivity contribution in [2.45, 2.75) is 17.7 Å². The van der Waals surface area contributed by atoms with Gasteiger partial charge in [0.1, 0.15) is 16.2 Å². The Morgan fingerprint density at radius 1 is 0.920 bits per heavy atom. The molecule has 2 aromatic carbocycles. The summed E-state index contributed by atoms with van der Waals surface area (Å²) in [5.74, 6) is -0.239. The van der Waals surface area contributed by atoms with E-state index in [0.29, 0.717) is 17.6 Å². The van der Waals surface area contributed by atoms with Gasteiger partial charge >= 0.3 is 10.2 Å². The van der Waals surface area contributed by atoms with Crippen molar-refractivity contribution < 1.29 is 24.2 Å². The zero-order chi connectivity index (χ0) is 18.4. The lowest BCUT2D eigenvalue weighted by Crippen LogP contribution is -2.08. The van der Waals surface area contributed by atoms with Gasteiger partial charge in [-0.1, -0.05) is 42.1 Å². The first-order chi connectivity index (χ1) is 11.4. The van der Waals surface area contributed by atoms with Crippen LogP contribution in [0, 0.1) is 0 Å². The molecule has 0 amide bonds. The second-order valence-corrected chi connectivity index (χ2v) is 8.78. The fraction of sp³-hybridized carbons (Fsp3) is 0.133. The smallest absolute Gasteiger partial charge is 0.299 e. The fourth-order valence-corrected chi connectivity index (χ4v) is 3.59. The molecule has 0 saturated carbocycles. The maximum atomic E-state index is 12.7. The molecule has 1 aromatic heterocycles. The third-order valence-corrected chi connectivity index (χ3v) is 5.33. The lowest BCUT2D eigenvalue weighted by atomic mass is 10.0. The molecular weight excluding hydrogens is 383 g/mol. The molecule has 0 radical (unpaired) electrons. The highest BCUT2D eigenvalue weighted by Crippen LogP contribution is 3.02. The summed E-state index contributed by atoms with van der Waals surface area (Å²) in [5, 5.41) is 3.88. The van der Waals surface area contributed by atoms with E-state index in [1.807, 2.05) is 0 Å². The fourth-order valence-electron chi connectivity index (χ4n) is 2.31. The first-order valence-electron chi connectivity index (χ1n) is 6.96. The molecule has 0 atom stereocenters. The molecule has 3 aromatic rings. The molecule has 0 aliphatic rings. The summed E-state index contributed by atoms with van der Waals surface area (Å²) in [6.45, 7) is 0. The van der Waals surface area contributed by atoms with Gasteiger partial charge < -0.3 is 0 Å². The van der Waals surface area contributed by atoms with Gasteiger partial charge in [-0.05, 0) is 46.9 Å². The van der Waals surface area contributed by atoms with E-state index in [9.17, 15) is 24.2 Å². The highest BCUT2D eigenvalue weighted by Gasteiger charge is 2.65. The predicted molar refractivity (Wildman–Crippen MR) is 87.7 cm³/mol. The molecule has 0 fully saturated rings. The second kappa shape index (κ2) is 5.21. The number of aromatic nitrogens is 2. The zero-order valence-corrected chi connectivity index (χ0v) is 14.1. The van der Waals surface area contributed by atoms with Gasteiger partial charge in [-0.2, -0.15) is 0 Å². The van der Waals surface area contributed by atoms with Crippen LogP contribution in [0.4, 0.5) is 19.4 Å². The van der Waals surface area contributed by atoms with Crippen molar-refractivity contribution in [2.75, 3.05) is 0 Å². The summed E-state index contributed by atoms with van der Waals surface area (Å²) in [5.41, 5.74) is 1.69. The number of ketones is 1. The Morgan fingerprint density at radius 3 is 2.16 bits per heavy atom. The van der Waals surface area contributed by atoms with Crippen LogP contribution in [-0.2, 0) is 17.6 Å². The van der Waals surface area contributed by atoms with Crippen molar-refractivity contribution in [1.82, 2.24) is 9.59 Å². The van der Waals surface area contributed by atoms with Crippen molar-refractivity contribution in [1.29, 1.82) is 0 Å². The quantitative estimate of drug-likeness (QED) is 0.521. The number of rotatable bonds is 5. The first-order valence-corrected chi connectivity index (χ1v) is 9.69. The van der Waals surface area contributed by atoms with Crippen LogP contribution in [0.3, 0.4) is 0 Å². The molecule has 3 rings (SSSR count). The molecule has 0 aliphatic heterocycles. The van der Waals surface area contributed by atoms with Gasteiger partial charge in [0.05, 0.1) is 4.70 Å². The van der Waals surface area contributed by atoms with Crippen molar-refractivity contribution in [3.05, 3.63) is 53.6 Å². The minimum atomic E-state index is -9.68. The summed E-state index contributed by atoms with van der Waals surface area (Å²) >= 11 is 1.19. The zero-order valence-electron chi connectivity index (χ0n) is 12.5. The average Bonchev–Trinajstić information content (AvgIpc) is 2.92. The van der Waals surface area contributed by atoms with E-state index < -0.39 is 15.1 Å². The third kappa shape index (κ3) is 4.31. The van der Waals surface area contributed by atoms with Crippen molar-refractivity contribution in [2.24, 2.45) is 0 Å². The maximum absolute atomic E-state index is 12.7. The number of Topliss-reactive ketones (excluding diaryl/α,β-unsaturated/α-hetero) is 1. The maximum Gasteiger partial charge on any atom is 0.310 e. The summed E-state index contributed by atoms with van der Waals surface area (Å²) in [7, 11) is -9.68. The number of hydrogen-bond acceptors (Lipinski definition) is 4. The lowest BCUT2D eigenvalue weighted by Gasteiger charge is -2.40. The largest absolute Gasteiger partial charge is 0.310 e. The molecule has 10 heteroatoms. The van der Waals surface area contributed by atoms with E-state index in [1.165, 1.54) is 11.5 Å². The van der Waals surface area contributed by atoms with E-state index in [1.54, 1.807) is 18.2 Å². The van der Waals surface area contributed by atoms with E-state index >= 15 is 0 Å². The molecule has 0 saturated heterocycles. The summed E-state index contributed by atoms with van der Waals surface area (Å²) in [6.07, 6.45) is -0.0588.